The largest absolute Gasteiger partial charge is 0.494 e. The Morgan fingerprint density at radius 3 is 2.74 bits per heavy atom. The van der Waals surface area contributed by atoms with Gasteiger partial charge in [-0.05, 0) is 24.6 Å². The van der Waals surface area contributed by atoms with Crippen LogP contribution < -0.4 is 10.1 Å². The molecular formula is C15H15FN2O4S. The highest BCUT2D eigenvalue weighted by Crippen LogP contribution is 2.22. The lowest BCUT2D eigenvalue weighted by atomic mass is 10.1. The number of methoxy groups -OCH3 is 1. The van der Waals surface area contributed by atoms with E-state index >= 15 is 0 Å². The van der Waals surface area contributed by atoms with Gasteiger partial charge >= 0.3 is 5.97 Å². The van der Waals surface area contributed by atoms with E-state index in [2.05, 4.69) is 10.3 Å². The quantitative estimate of drug-likeness (QED) is 0.842. The van der Waals surface area contributed by atoms with Crippen LogP contribution in [-0.2, 0) is 16.0 Å². The van der Waals surface area contributed by atoms with Crippen molar-refractivity contribution in [2.75, 3.05) is 7.11 Å². The molecule has 6 nitrogen and oxygen atoms in total. The molecule has 0 fully saturated rings. The number of ether oxygens (including phenoxy) is 1. The van der Waals surface area contributed by atoms with Crippen molar-refractivity contribution in [3.05, 3.63) is 45.7 Å². The number of aliphatic carboxylic acids is 1. The van der Waals surface area contributed by atoms with E-state index in [1.165, 1.54) is 30.6 Å². The molecule has 1 unspecified atom stereocenters. The van der Waals surface area contributed by atoms with Gasteiger partial charge in [-0.15, -0.1) is 11.3 Å². The Morgan fingerprint density at radius 1 is 1.48 bits per heavy atom. The number of carboxylic acid groups (broad SMARTS) is 1. The summed E-state index contributed by atoms with van der Waals surface area (Å²) in [5.74, 6) is -2.47. The molecule has 0 aliphatic heterocycles. The summed E-state index contributed by atoms with van der Waals surface area (Å²) in [6, 6.07) is 2.40. The summed E-state index contributed by atoms with van der Waals surface area (Å²) in [7, 11) is 1.31. The molecule has 8 heteroatoms. The summed E-state index contributed by atoms with van der Waals surface area (Å²) < 4.78 is 18.5. The van der Waals surface area contributed by atoms with E-state index in [0.717, 1.165) is 11.1 Å². The van der Waals surface area contributed by atoms with Crippen molar-refractivity contribution in [1.82, 2.24) is 10.3 Å². The van der Waals surface area contributed by atoms with Crippen molar-refractivity contribution in [1.29, 1.82) is 0 Å². The van der Waals surface area contributed by atoms with Crippen molar-refractivity contribution >= 4 is 23.2 Å². The third kappa shape index (κ3) is 4.26. The van der Waals surface area contributed by atoms with Gasteiger partial charge in [0.15, 0.2) is 17.6 Å². The minimum atomic E-state index is -1.34. The number of nitrogens with one attached hydrogen (secondary N) is 1. The fourth-order valence-corrected chi connectivity index (χ4v) is 2.63. The van der Waals surface area contributed by atoms with Gasteiger partial charge in [0.1, 0.15) is 0 Å². The molecule has 2 rings (SSSR count). The second-order valence-electron chi connectivity index (χ2n) is 4.77. The fourth-order valence-electron chi connectivity index (χ4n) is 2.02. The van der Waals surface area contributed by atoms with Crippen LogP contribution in [0.3, 0.4) is 0 Å². The average molecular weight is 338 g/mol. The number of carboxylic acids is 1. The summed E-state index contributed by atoms with van der Waals surface area (Å²) in [6.07, 6.45) is -0.0350. The van der Waals surface area contributed by atoms with E-state index in [0.29, 0.717) is 5.69 Å². The van der Waals surface area contributed by atoms with E-state index in [-0.39, 0.29) is 17.7 Å². The third-order valence-electron chi connectivity index (χ3n) is 3.07. The highest BCUT2D eigenvalue weighted by Gasteiger charge is 2.23. The lowest BCUT2D eigenvalue weighted by molar-refractivity contribution is -0.142. The van der Waals surface area contributed by atoms with Gasteiger partial charge in [-0.2, -0.15) is 0 Å². The molecule has 0 radical (unpaired) electrons. The molecule has 0 saturated carbocycles. The normalized spacial score (nSPS) is 11.8. The second kappa shape index (κ2) is 7.19. The maximum atomic E-state index is 13.7. The molecule has 0 aliphatic rings. The van der Waals surface area contributed by atoms with Crippen molar-refractivity contribution < 1.29 is 23.8 Å². The SMILES string of the molecule is COc1ccc(C(NC(=O)Cc2csc(C)n2)C(=O)O)cc1F. The van der Waals surface area contributed by atoms with E-state index in [9.17, 15) is 19.1 Å². The number of amides is 1. The van der Waals surface area contributed by atoms with Crippen LogP contribution in [0.1, 0.15) is 22.3 Å². The predicted octanol–water partition coefficient (Wildman–Crippen LogP) is 2.08. The van der Waals surface area contributed by atoms with Crippen LogP contribution in [0.4, 0.5) is 4.39 Å². The molecular weight excluding hydrogens is 323 g/mol. The smallest absolute Gasteiger partial charge is 0.330 e. The second-order valence-corrected chi connectivity index (χ2v) is 5.83. The van der Waals surface area contributed by atoms with Gasteiger partial charge in [-0.3, -0.25) is 4.79 Å². The summed E-state index contributed by atoms with van der Waals surface area (Å²) >= 11 is 1.40. The molecule has 1 heterocycles. The molecule has 0 aliphatic carbocycles. The first-order chi connectivity index (χ1) is 10.9. The maximum absolute atomic E-state index is 13.7. The lowest BCUT2D eigenvalue weighted by Gasteiger charge is -2.15. The molecule has 1 aromatic carbocycles. The highest BCUT2D eigenvalue weighted by molar-refractivity contribution is 7.09. The van der Waals surface area contributed by atoms with Gasteiger partial charge in [0.05, 0.1) is 24.2 Å². The number of hydrogen-bond acceptors (Lipinski definition) is 5. The Hall–Kier alpha value is -2.48. The number of thiazole rings is 1. The number of nitrogens with zero attached hydrogens (tertiary/aromatic N) is 1. The number of hydrogen-bond donors (Lipinski definition) is 2. The average Bonchev–Trinajstić information content (AvgIpc) is 2.89. The zero-order valence-electron chi connectivity index (χ0n) is 12.5. The van der Waals surface area contributed by atoms with Gasteiger partial charge in [-0.1, -0.05) is 6.07 Å². The number of halogens is 1. The first kappa shape index (κ1) is 16.9. The van der Waals surface area contributed by atoms with Gasteiger partial charge in [-0.25, -0.2) is 14.2 Å². The van der Waals surface area contributed by atoms with E-state index < -0.39 is 23.7 Å². The Morgan fingerprint density at radius 2 is 2.22 bits per heavy atom. The standard InChI is InChI=1S/C15H15FN2O4S/c1-8-17-10(7-23-8)6-13(19)18-14(15(20)21)9-3-4-12(22-2)11(16)5-9/h3-5,7,14H,6H2,1-2H3,(H,18,19)(H,20,21). The number of carbonyl (C=O) groups excluding carboxylic acids is 1. The molecule has 1 amide bonds. The Kier molecular flexibility index (Phi) is 5.28. The Balaban J connectivity index is 2.13. The summed E-state index contributed by atoms with van der Waals surface area (Å²) in [4.78, 5) is 27.5. The molecule has 0 bridgehead atoms. The van der Waals surface area contributed by atoms with Gasteiger partial charge in [0.25, 0.3) is 0 Å². The van der Waals surface area contributed by atoms with Crippen LogP contribution in [0.5, 0.6) is 5.75 Å². The van der Waals surface area contributed by atoms with Crippen LogP contribution in [0, 0.1) is 12.7 Å². The van der Waals surface area contributed by atoms with Crippen LogP contribution in [0.2, 0.25) is 0 Å². The Labute approximate surface area is 135 Å². The first-order valence-electron chi connectivity index (χ1n) is 6.67. The molecule has 122 valence electrons. The number of aromatic nitrogens is 1. The maximum Gasteiger partial charge on any atom is 0.330 e. The van der Waals surface area contributed by atoms with Crippen LogP contribution in [-0.4, -0.2) is 29.1 Å². The zero-order valence-corrected chi connectivity index (χ0v) is 13.3. The van der Waals surface area contributed by atoms with Gasteiger partial charge in [0.2, 0.25) is 5.91 Å². The molecule has 2 aromatic rings. The van der Waals surface area contributed by atoms with Crippen molar-refractivity contribution in [3.8, 4) is 5.75 Å². The number of benzene rings is 1. The summed E-state index contributed by atoms with van der Waals surface area (Å²) in [6.45, 7) is 1.81. The minimum Gasteiger partial charge on any atom is -0.494 e. The fraction of sp³-hybridized carbons (Fsp3) is 0.267. The first-order valence-corrected chi connectivity index (χ1v) is 7.55. The number of rotatable bonds is 6. The zero-order chi connectivity index (χ0) is 17.0. The van der Waals surface area contributed by atoms with Crippen molar-refractivity contribution in [3.63, 3.8) is 0 Å². The topological polar surface area (TPSA) is 88.5 Å². The van der Waals surface area contributed by atoms with Gasteiger partial charge in [0, 0.05) is 5.38 Å². The Bertz CT molecular complexity index is 732. The van der Waals surface area contributed by atoms with E-state index in [1.54, 1.807) is 5.38 Å². The monoisotopic (exact) mass is 338 g/mol. The van der Waals surface area contributed by atoms with Crippen molar-refractivity contribution in [2.24, 2.45) is 0 Å². The molecule has 1 atom stereocenters. The molecule has 1 aromatic heterocycles. The predicted molar refractivity (Wildman–Crippen MR) is 82.0 cm³/mol. The van der Waals surface area contributed by atoms with E-state index in [4.69, 9.17) is 4.74 Å². The molecule has 2 N–H and O–H groups in total. The highest BCUT2D eigenvalue weighted by atomic mass is 32.1. The molecule has 23 heavy (non-hydrogen) atoms. The van der Waals surface area contributed by atoms with Crippen molar-refractivity contribution in [2.45, 2.75) is 19.4 Å². The minimum absolute atomic E-state index is 0.00200. The van der Waals surface area contributed by atoms with Crippen LogP contribution in [0.25, 0.3) is 0 Å². The summed E-state index contributed by atoms with van der Waals surface area (Å²) in [5, 5.41) is 14.2. The van der Waals surface area contributed by atoms with E-state index in [1.807, 2.05) is 6.92 Å². The molecule has 0 saturated heterocycles. The molecule has 0 spiro atoms. The number of aryl methyl sites for hydroxylation is 1. The lowest BCUT2D eigenvalue weighted by Crippen LogP contribution is -2.34. The third-order valence-corrected chi connectivity index (χ3v) is 3.89. The van der Waals surface area contributed by atoms with Crippen LogP contribution in [0.15, 0.2) is 23.6 Å². The number of carbonyl (C=O) groups is 2. The summed E-state index contributed by atoms with van der Waals surface area (Å²) in [5.41, 5.74) is 0.689. The van der Waals surface area contributed by atoms with Crippen LogP contribution >= 0.6 is 11.3 Å². The van der Waals surface area contributed by atoms with Gasteiger partial charge < -0.3 is 15.2 Å².